The van der Waals surface area contributed by atoms with Gasteiger partial charge in [0.05, 0.1) is 6.04 Å². The number of ether oxygens (including phenoxy) is 2. The number of hydrogen-bond acceptors (Lipinski definition) is 5. The topological polar surface area (TPSA) is 112 Å². The van der Waals surface area contributed by atoms with Crippen molar-refractivity contribution in [2.75, 3.05) is 0 Å². The van der Waals surface area contributed by atoms with E-state index in [-0.39, 0.29) is 18.0 Å². The number of aliphatic imine (C=N–C) groups is 1. The van der Waals surface area contributed by atoms with Crippen LogP contribution in [0.15, 0.2) is 16.1 Å². The Bertz CT molecular complexity index is 2000. The Hall–Kier alpha value is -4.07. The molecule has 1 atom stereocenters. The zero-order chi connectivity index (χ0) is 36.2. The van der Waals surface area contributed by atoms with E-state index in [2.05, 4.69) is 55.6 Å². The van der Waals surface area contributed by atoms with Gasteiger partial charge in [0.2, 0.25) is 0 Å². The number of rotatable bonds is 9. The molecule has 8 heteroatoms. The molecule has 3 aromatic rings. The van der Waals surface area contributed by atoms with E-state index < -0.39 is 11.2 Å². The monoisotopic (exact) mass is 668 g/mol. The highest BCUT2D eigenvalue weighted by Gasteiger charge is 2.30. The van der Waals surface area contributed by atoms with E-state index in [0.29, 0.717) is 17.8 Å². The first-order valence-electron chi connectivity index (χ1n) is 18.0. The van der Waals surface area contributed by atoms with Gasteiger partial charge in [0.25, 0.3) is 0 Å². The van der Waals surface area contributed by atoms with Gasteiger partial charge in [-0.25, -0.2) is 9.59 Å². The summed E-state index contributed by atoms with van der Waals surface area (Å²) in [6, 6.07) is -0.0647. The average molecular weight is 669 g/mol. The molecular weight excluding hydrogens is 612 g/mol. The first-order valence-corrected chi connectivity index (χ1v) is 18.0. The second kappa shape index (κ2) is 13.3. The number of allylic oxidation sites excluding steroid dienone is 1. The summed E-state index contributed by atoms with van der Waals surface area (Å²) in [4.78, 5) is 42.1. The van der Waals surface area contributed by atoms with Crippen LogP contribution in [-0.2, 0) is 35.2 Å². The normalized spacial score (nSPS) is 16.9. The molecule has 4 heterocycles. The molecule has 0 amide bonds. The predicted octanol–water partition coefficient (Wildman–Crippen LogP) is 7.35. The van der Waals surface area contributed by atoms with Crippen LogP contribution in [0.4, 0.5) is 0 Å². The van der Waals surface area contributed by atoms with Crippen molar-refractivity contribution in [2.24, 2.45) is 4.99 Å². The number of nitrogens with one attached hydrogen (secondary N) is 3. The lowest BCUT2D eigenvalue weighted by molar-refractivity contribution is 0.00502. The zero-order valence-corrected chi connectivity index (χ0v) is 32.0. The van der Waals surface area contributed by atoms with Gasteiger partial charge < -0.3 is 24.4 Å². The van der Waals surface area contributed by atoms with Crippen LogP contribution in [0.5, 0.6) is 0 Å². The quantitative estimate of drug-likeness (QED) is 0.207. The standard InChI is InChI=1S/C41H56N4O4/c1-14-25-21(4)30(19-33-26(15-2)23(6)34(44-33)38(46)48-40(8,9)10)42-32(25)20-31-22(5)28-17-18-29(37(28)43-31)36-27(16-3)24(7)35(45-36)39(47)49-41(11,12)13/h20,32,43-45H,14-19H2,1-13H3/b31-20+. The number of nitrogens with zero attached hydrogens (tertiary/aromatic N) is 1. The molecule has 49 heavy (non-hydrogen) atoms. The molecule has 1 unspecified atom stereocenters. The third-order valence-corrected chi connectivity index (χ3v) is 10.0. The minimum absolute atomic E-state index is 0.0647. The summed E-state index contributed by atoms with van der Waals surface area (Å²) in [6.07, 6.45) is 7.31. The van der Waals surface area contributed by atoms with Crippen molar-refractivity contribution >= 4 is 29.3 Å². The largest absolute Gasteiger partial charge is 0.455 e. The van der Waals surface area contributed by atoms with E-state index in [9.17, 15) is 9.59 Å². The molecular formula is C41H56N4O4. The highest BCUT2D eigenvalue weighted by atomic mass is 16.6. The Kier molecular flexibility index (Phi) is 9.85. The number of hydrogen-bond donors (Lipinski definition) is 3. The van der Waals surface area contributed by atoms with Gasteiger partial charge in [-0.3, -0.25) is 4.99 Å². The molecule has 264 valence electrons. The molecule has 0 radical (unpaired) electrons. The molecule has 0 bridgehead atoms. The van der Waals surface area contributed by atoms with Crippen molar-refractivity contribution in [2.45, 2.75) is 146 Å². The van der Waals surface area contributed by atoms with E-state index in [1.807, 2.05) is 55.4 Å². The van der Waals surface area contributed by atoms with Crippen LogP contribution in [0.3, 0.4) is 0 Å². The van der Waals surface area contributed by atoms with E-state index in [1.54, 1.807) is 0 Å². The summed E-state index contributed by atoms with van der Waals surface area (Å²) >= 11 is 0. The molecule has 0 saturated heterocycles. The van der Waals surface area contributed by atoms with E-state index in [4.69, 9.17) is 14.5 Å². The third-order valence-electron chi connectivity index (χ3n) is 10.0. The summed E-state index contributed by atoms with van der Waals surface area (Å²) in [5.74, 6) is -0.632. The zero-order valence-electron chi connectivity index (χ0n) is 32.0. The molecule has 1 aliphatic carbocycles. The number of H-pyrrole nitrogens is 3. The lowest BCUT2D eigenvalue weighted by Gasteiger charge is -2.19. The summed E-state index contributed by atoms with van der Waals surface area (Å²) in [6.45, 7) is 26.2. The Morgan fingerprint density at radius 1 is 0.776 bits per heavy atom. The van der Waals surface area contributed by atoms with Gasteiger partial charge >= 0.3 is 11.9 Å². The summed E-state index contributed by atoms with van der Waals surface area (Å²) in [7, 11) is 0. The maximum absolute atomic E-state index is 13.1. The van der Waals surface area contributed by atoms with E-state index >= 15 is 0 Å². The number of aromatic nitrogens is 3. The highest BCUT2D eigenvalue weighted by Crippen LogP contribution is 2.32. The van der Waals surface area contributed by atoms with Crippen molar-refractivity contribution in [3.63, 3.8) is 0 Å². The molecule has 0 spiro atoms. The van der Waals surface area contributed by atoms with E-state index in [0.717, 1.165) is 76.6 Å². The smallest absolute Gasteiger partial charge is 0.355 e. The molecule has 0 saturated carbocycles. The molecule has 3 N–H and O–H groups in total. The molecule has 2 aliphatic rings. The summed E-state index contributed by atoms with van der Waals surface area (Å²) < 4.78 is 11.4. The number of fused-ring (bicyclic) bond motifs is 1. The Labute approximate surface area is 291 Å². The fourth-order valence-electron chi connectivity index (χ4n) is 7.61. The van der Waals surface area contributed by atoms with Gasteiger partial charge in [-0.1, -0.05) is 20.8 Å². The van der Waals surface area contributed by atoms with Gasteiger partial charge in [-0.2, -0.15) is 0 Å². The number of carbonyl (C=O) groups excluding carboxylic acids is 2. The second-order valence-corrected chi connectivity index (χ2v) is 15.6. The number of carbonyl (C=O) groups is 2. The van der Waals surface area contributed by atoms with Crippen LogP contribution in [0.1, 0.15) is 148 Å². The summed E-state index contributed by atoms with van der Waals surface area (Å²) in [5.41, 5.74) is 13.7. The lowest BCUT2D eigenvalue weighted by atomic mass is 9.97. The highest BCUT2D eigenvalue weighted by molar-refractivity contribution is 6.05. The molecule has 1 aliphatic heterocycles. The van der Waals surface area contributed by atoms with E-state index in [1.165, 1.54) is 33.4 Å². The SMILES string of the molecule is CCC1=C(C)C(Cc2[nH]c(C(=O)OC(C)(C)C)c(C)c2CC)=NC1/C=c1/[nH]c2c(c1C)CCC=2c1[nH]c(C(=O)OC(C)(C)C)c(C)c1CC. The predicted molar refractivity (Wildman–Crippen MR) is 198 cm³/mol. The maximum Gasteiger partial charge on any atom is 0.355 e. The fraction of sp³-hybridized carbons (Fsp3) is 0.537. The third kappa shape index (κ3) is 7.01. The van der Waals surface area contributed by atoms with Crippen molar-refractivity contribution in [3.8, 4) is 0 Å². The first kappa shape index (κ1) is 36.2. The van der Waals surface area contributed by atoms with Crippen molar-refractivity contribution in [1.29, 1.82) is 0 Å². The Morgan fingerprint density at radius 3 is 1.90 bits per heavy atom. The molecule has 5 rings (SSSR count). The van der Waals surface area contributed by atoms with Crippen molar-refractivity contribution < 1.29 is 19.1 Å². The Morgan fingerprint density at radius 2 is 1.35 bits per heavy atom. The van der Waals surface area contributed by atoms with Gasteiger partial charge in [-0.05, 0) is 158 Å². The van der Waals surface area contributed by atoms with Gasteiger partial charge in [0.15, 0.2) is 0 Å². The number of esters is 2. The molecule has 0 fully saturated rings. The Balaban J connectivity index is 1.53. The van der Waals surface area contributed by atoms with Crippen molar-refractivity contribution in [3.05, 3.63) is 78.0 Å². The number of aromatic amines is 3. The fourth-order valence-corrected chi connectivity index (χ4v) is 7.61. The van der Waals surface area contributed by atoms with Gasteiger partial charge in [-0.15, -0.1) is 0 Å². The lowest BCUT2D eigenvalue weighted by Crippen LogP contribution is -2.24. The first-order chi connectivity index (χ1) is 22.9. The van der Waals surface area contributed by atoms with Crippen LogP contribution in [0.2, 0.25) is 0 Å². The maximum atomic E-state index is 13.1. The second-order valence-electron chi connectivity index (χ2n) is 15.6. The van der Waals surface area contributed by atoms with Crippen LogP contribution in [-0.4, -0.2) is 49.8 Å². The summed E-state index contributed by atoms with van der Waals surface area (Å²) in [5, 5.41) is 2.25. The molecule has 3 aromatic heterocycles. The van der Waals surface area contributed by atoms with Crippen LogP contribution < -0.4 is 10.7 Å². The van der Waals surface area contributed by atoms with Gasteiger partial charge in [0.1, 0.15) is 22.6 Å². The van der Waals surface area contributed by atoms with Crippen LogP contribution >= 0.6 is 0 Å². The average Bonchev–Trinajstić information content (AvgIpc) is 3.77. The van der Waals surface area contributed by atoms with Crippen LogP contribution in [0.25, 0.3) is 11.6 Å². The van der Waals surface area contributed by atoms with Gasteiger partial charge in [0, 0.05) is 34.2 Å². The minimum atomic E-state index is -0.565. The van der Waals surface area contributed by atoms with Crippen LogP contribution in [0, 0.1) is 20.8 Å². The molecule has 0 aromatic carbocycles. The molecule has 8 nitrogen and oxygen atoms in total. The minimum Gasteiger partial charge on any atom is -0.455 e. The van der Waals surface area contributed by atoms with Crippen molar-refractivity contribution in [1.82, 2.24) is 15.0 Å².